The Kier molecular flexibility index (Phi) is 6.85. The van der Waals surface area contributed by atoms with Crippen LogP contribution < -0.4 is 10.1 Å². The van der Waals surface area contributed by atoms with E-state index in [-0.39, 0.29) is 12.6 Å². The van der Waals surface area contributed by atoms with Crippen LogP contribution in [0.1, 0.15) is 31.4 Å². The van der Waals surface area contributed by atoms with Crippen LogP contribution in [0.5, 0.6) is 5.75 Å². The Bertz CT molecular complexity index is 370. The molecule has 1 atom stereocenters. The topological polar surface area (TPSA) is 65.3 Å². The van der Waals surface area contributed by atoms with Crippen molar-refractivity contribution in [1.29, 1.82) is 5.26 Å². The maximum Gasteiger partial charge on any atom is 0.121 e. The fourth-order valence-electron chi connectivity index (χ4n) is 1.54. The van der Waals surface area contributed by atoms with E-state index in [1.165, 1.54) is 0 Å². The number of hydrogen-bond acceptors (Lipinski definition) is 4. The average molecular weight is 248 g/mol. The summed E-state index contributed by atoms with van der Waals surface area (Å²) in [6.07, 6.45) is 1.63. The number of rotatable bonds is 8. The number of nitrogens with one attached hydrogen (secondary N) is 1. The van der Waals surface area contributed by atoms with Gasteiger partial charge in [0.1, 0.15) is 11.8 Å². The molecule has 0 heterocycles. The number of aliphatic hydroxyl groups is 1. The molecule has 0 aliphatic rings. The van der Waals surface area contributed by atoms with Crippen LogP contribution in [0.4, 0.5) is 0 Å². The first-order valence-corrected chi connectivity index (χ1v) is 6.28. The molecule has 18 heavy (non-hydrogen) atoms. The van der Waals surface area contributed by atoms with E-state index >= 15 is 0 Å². The Labute approximate surface area is 108 Å². The van der Waals surface area contributed by atoms with Crippen molar-refractivity contribution < 1.29 is 9.84 Å². The molecule has 1 unspecified atom stereocenters. The van der Waals surface area contributed by atoms with Crippen molar-refractivity contribution in [3.8, 4) is 11.8 Å². The molecule has 98 valence electrons. The third-order valence-corrected chi connectivity index (χ3v) is 2.50. The summed E-state index contributed by atoms with van der Waals surface area (Å²) in [7, 11) is 0. The molecule has 0 amide bonds. The van der Waals surface area contributed by atoms with Crippen LogP contribution in [-0.2, 0) is 0 Å². The first-order chi connectivity index (χ1) is 8.81. The summed E-state index contributed by atoms with van der Waals surface area (Å²) in [5.41, 5.74) is 0.916. The fraction of sp³-hybridized carbons (Fsp3) is 0.500. The predicted octanol–water partition coefficient (Wildman–Crippen LogP) is 2.01. The SMILES string of the molecule is CCCOc1ccc(C(C#N)NCCCO)cc1. The molecule has 1 aromatic carbocycles. The van der Waals surface area contributed by atoms with E-state index in [1.807, 2.05) is 24.3 Å². The zero-order valence-electron chi connectivity index (χ0n) is 10.7. The number of aliphatic hydroxyl groups excluding tert-OH is 1. The number of nitrogens with zero attached hydrogens (tertiary/aromatic N) is 1. The summed E-state index contributed by atoms with van der Waals surface area (Å²) in [6, 6.07) is 9.41. The van der Waals surface area contributed by atoms with Gasteiger partial charge in [0.25, 0.3) is 0 Å². The third kappa shape index (κ3) is 4.74. The predicted molar refractivity (Wildman–Crippen MR) is 70.3 cm³/mol. The van der Waals surface area contributed by atoms with E-state index in [0.29, 0.717) is 19.6 Å². The standard InChI is InChI=1S/C14H20N2O2/c1-2-10-18-13-6-4-12(5-7-13)14(11-15)16-8-3-9-17/h4-7,14,16-17H,2-3,8-10H2,1H3. The minimum atomic E-state index is -0.336. The van der Waals surface area contributed by atoms with Crippen molar-refractivity contribution in [2.24, 2.45) is 0 Å². The first-order valence-electron chi connectivity index (χ1n) is 6.28. The molecule has 0 saturated carbocycles. The van der Waals surface area contributed by atoms with Crippen molar-refractivity contribution in [2.75, 3.05) is 19.8 Å². The van der Waals surface area contributed by atoms with Gasteiger partial charge >= 0.3 is 0 Å². The largest absolute Gasteiger partial charge is 0.494 e. The molecule has 0 aliphatic carbocycles. The quantitative estimate of drug-likeness (QED) is 0.691. The normalized spacial score (nSPS) is 11.8. The summed E-state index contributed by atoms with van der Waals surface area (Å²) in [4.78, 5) is 0. The lowest BCUT2D eigenvalue weighted by Gasteiger charge is -2.12. The summed E-state index contributed by atoms with van der Waals surface area (Å²) >= 11 is 0. The van der Waals surface area contributed by atoms with Crippen molar-refractivity contribution in [3.05, 3.63) is 29.8 Å². The Hall–Kier alpha value is -1.57. The molecule has 0 fully saturated rings. The number of nitriles is 1. The van der Waals surface area contributed by atoms with E-state index in [4.69, 9.17) is 15.1 Å². The Morgan fingerprint density at radius 2 is 2.11 bits per heavy atom. The summed E-state index contributed by atoms with van der Waals surface area (Å²) in [5, 5.41) is 20.9. The van der Waals surface area contributed by atoms with E-state index in [9.17, 15) is 0 Å². The average Bonchev–Trinajstić information content (AvgIpc) is 2.42. The number of hydrogen-bond donors (Lipinski definition) is 2. The van der Waals surface area contributed by atoms with Gasteiger partial charge in [0, 0.05) is 6.61 Å². The molecular formula is C14H20N2O2. The minimum Gasteiger partial charge on any atom is -0.494 e. The minimum absolute atomic E-state index is 0.134. The Morgan fingerprint density at radius 1 is 1.39 bits per heavy atom. The molecule has 0 saturated heterocycles. The molecule has 2 N–H and O–H groups in total. The third-order valence-electron chi connectivity index (χ3n) is 2.50. The summed E-state index contributed by atoms with van der Waals surface area (Å²) in [6.45, 7) is 3.53. The van der Waals surface area contributed by atoms with Crippen molar-refractivity contribution in [3.63, 3.8) is 0 Å². The van der Waals surface area contributed by atoms with Crippen LogP contribution in [0.15, 0.2) is 24.3 Å². The van der Waals surface area contributed by atoms with Gasteiger partial charge in [-0.1, -0.05) is 19.1 Å². The second-order valence-electron chi connectivity index (χ2n) is 4.01. The van der Waals surface area contributed by atoms with E-state index < -0.39 is 0 Å². The van der Waals surface area contributed by atoms with Crippen LogP contribution in [0, 0.1) is 11.3 Å². The van der Waals surface area contributed by atoms with Gasteiger partial charge in [-0.25, -0.2) is 0 Å². The molecule has 0 radical (unpaired) electrons. The highest BCUT2D eigenvalue weighted by molar-refractivity contribution is 5.31. The van der Waals surface area contributed by atoms with Crippen molar-refractivity contribution >= 4 is 0 Å². The molecule has 1 aromatic rings. The highest BCUT2D eigenvalue weighted by Crippen LogP contribution is 2.17. The second-order valence-corrected chi connectivity index (χ2v) is 4.01. The van der Waals surface area contributed by atoms with Crippen LogP contribution in [0.3, 0.4) is 0 Å². The lowest BCUT2D eigenvalue weighted by Crippen LogP contribution is -2.21. The van der Waals surface area contributed by atoms with Crippen LogP contribution in [-0.4, -0.2) is 24.9 Å². The van der Waals surface area contributed by atoms with Gasteiger partial charge in [-0.05, 0) is 37.1 Å². The Balaban J connectivity index is 2.56. The monoisotopic (exact) mass is 248 g/mol. The van der Waals surface area contributed by atoms with Crippen molar-refractivity contribution in [1.82, 2.24) is 5.32 Å². The molecule has 4 nitrogen and oxygen atoms in total. The Morgan fingerprint density at radius 3 is 2.67 bits per heavy atom. The zero-order valence-corrected chi connectivity index (χ0v) is 10.7. The van der Waals surface area contributed by atoms with Gasteiger partial charge in [-0.2, -0.15) is 5.26 Å². The first kappa shape index (κ1) is 14.5. The van der Waals surface area contributed by atoms with Crippen molar-refractivity contribution in [2.45, 2.75) is 25.8 Å². The molecular weight excluding hydrogens is 228 g/mol. The highest BCUT2D eigenvalue weighted by atomic mass is 16.5. The maximum atomic E-state index is 9.08. The maximum absolute atomic E-state index is 9.08. The van der Waals surface area contributed by atoms with Crippen LogP contribution >= 0.6 is 0 Å². The van der Waals surface area contributed by atoms with E-state index in [2.05, 4.69) is 18.3 Å². The molecule has 1 rings (SSSR count). The smallest absolute Gasteiger partial charge is 0.121 e. The van der Waals surface area contributed by atoms with Gasteiger partial charge in [-0.15, -0.1) is 0 Å². The van der Waals surface area contributed by atoms with Gasteiger partial charge in [-0.3, -0.25) is 5.32 Å². The van der Waals surface area contributed by atoms with E-state index in [0.717, 1.165) is 17.7 Å². The lowest BCUT2D eigenvalue weighted by molar-refractivity contribution is 0.285. The number of ether oxygens (including phenoxy) is 1. The zero-order chi connectivity index (χ0) is 13.2. The molecule has 0 aliphatic heterocycles. The number of benzene rings is 1. The fourth-order valence-corrected chi connectivity index (χ4v) is 1.54. The van der Waals surface area contributed by atoms with Gasteiger partial charge in [0.2, 0.25) is 0 Å². The highest BCUT2D eigenvalue weighted by Gasteiger charge is 2.09. The van der Waals surface area contributed by atoms with Gasteiger partial charge in [0.15, 0.2) is 0 Å². The second kappa shape index (κ2) is 8.51. The van der Waals surface area contributed by atoms with Gasteiger partial charge < -0.3 is 9.84 Å². The van der Waals surface area contributed by atoms with Crippen LogP contribution in [0.2, 0.25) is 0 Å². The summed E-state index contributed by atoms with van der Waals surface area (Å²) in [5.74, 6) is 0.827. The lowest BCUT2D eigenvalue weighted by atomic mass is 10.1. The summed E-state index contributed by atoms with van der Waals surface area (Å²) < 4.78 is 5.49. The molecule has 0 bridgehead atoms. The molecule has 4 heteroatoms. The van der Waals surface area contributed by atoms with Gasteiger partial charge in [0.05, 0.1) is 12.7 Å². The molecule has 0 aromatic heterocycles. The van der Waals surface area contributed by atoms with E-state index in [1.54, 1.807) is 0 Å². The van der Waals surface area contributed by atoms with Crippen LogP contribution in [0.25, 0.3) is 0 Å². The molecule has 0 spiro atoms.